The third-order valence-corrected chi connectivity index (χ3v) is 8.55. The first-order valence-corrected chi connectivity index (χ1v) is 16.9. The van der Waals surface area contributed by atoms with Crippen LogP contribution in [0.5, 0.6) is 6.01 Å². The highest BCUT2D eigenvalue weighted by Gasteiger charge is 2.26. The normalized spacial score (nSPS) is 14.1. The van der Waals surface area contributed by atoms with Crippen LogP contribution in [0.25, 0.3) is 22.2 Å². The number of fused-ring (bicyclic) bond motifs is 2. The van der Waals surface area contributed by atoms with Crippen LogP contribution in [0.2, 0.25) is 0 Å². The highest BCUT2D eigenvalue weighted by molar-refractivity contribution is 7.28. The number of hydrogen-bond acceptors (Lipinski definition) is 8. The van der Waals surface area contributed by atoms with Gasteiger partial charge in [-0.3, -0.25) is 4.98 Å². The maximum atomic E-state index is 12.3. The number of nitrogens with two attached hydrogens (primary N) is 1. The number of nitrogens with one attached hydrogen (secondary N) is 1. The molecule has 9 nitrogen and oxygen atoms in total. The van der Waals surface area contributed by atoms with E-state index < -0.39 is 5.60 Å². The Morgan fingerprint density at radius 1 is 1.16 bits per heavy atom. The van der Waals surface area contributed by atoms with Gasteiger partial charge in [0, 0.05) is 36.7 Å². The maximum Gasteiger partial charge on any atom is 0.410 e. The van der Waals surface area contributed by atoms with Crippen LogP contribution >= 0.6 is 9.24 Å². The number of pyridine rings is 1. The van der Waals surface area contributed by atoms with Gasteiger partial charge >= 0.3 is 12.1 Å². The Balaban J connectivity index is 0.000000474. The third-order valence-electron chi connectivity index (χ3n) is 8.00. The van der Waals surface area contributed by atoms with Gasteiger partial charge in [-0.1, -0.05) is 40.5 Å². The molecule has 1 fully saturated rings. The fourth-order valence-electron chi connectivity index (χ4n) is 5.14. The van der Waals surface area contributed by atoms with E-state index in [-0.39, 0.29) is 12.1 Å². The standard InChI is InChI=1S/C25H33N6O3P.C7H14.C3H8/c1-13-18-20(21(35)19(28-13)17-12-15(26)11-14-7-8-16(14)17)29-23(33-6)30-22(18)27-9-10-31(5)24(32)34-25(2,3)4;1-3-6(2)7-4-5-7;1-3-2/h11-12H,7-10,26,35H2,1-6H3,(H,27,29,30);6-7H,3-5H2,1-2H3;3H2,1-2H3. The second kappa shape index (κ2) is 15.9. The molecule has 2 aliphatic rings. The van der Waals surface area contributed by atoms with Gasteiger partial charge in [0.25, 0.3) is 0 Å². The topological polar surface area (TPSA) is 115 Å². The summed E-state index contributed by atoms with van der Waals surface area (Å²) in [7, 11) is 6.03. The number of methoxy groups -OCH3 is 1. The van der Waals surface area contributed by atoms with E-state index in [9.17, 15) is 4.79 Å². The van der Waals surface area contributed by atoms with Crippen molar-refractivity contribution in [1.29, 1.82) is 0 Å². The van der Waals surface area contributed by atoms with E-state index in [0.717, 1.165) is 63.5 Å². The summed E-state index contributed by atoms with van der Waals surface area (Å²) in [6, 6.07) is 4.28. The second-order valence-electron chi connectivity index (χ2n) is 13.2. The van der Waals surface area contributed by atoms with Gasteiger partial charge in [-0.25, -0.2) is 4.79 Å². The first kappa shape index (κ1) is 36.3. The Labute approximate surface area is 272 Å². The van der Waals surface area contributed by atoms with Gasteiger partial charge in [0.15, 0.2) is 0 Å². The van der Waals surface area contributed by atoms with Crippen molar-refractivity contribution in [3.8, 4) is 17.3 Å². The minimum Gasteiger partial charge on any atom is -0.467 e. The molecule has 3 N–H and O–H groups in total. The number of likely N-dealkylation sites (N-methyl/N-ethyl adjacent to an activating group) is 1. The molecule has 1 saturated carbocycles. The Kier molecular flexibility index (Phi) is 12.8. The molecule has 0 radical (unpaired) electrons. The molecule has 2 unspecified atom stereocenters. The predicted molar refractivity (Wildman–Crippen MR) is 191 cm³/mol. The van der Waals surface area contributed by atoms with Crippen LogP contribution < -0.4 is 21.1 Å². The molecule has 10 heteroatoms. The van der Waals surface area contributed by atoms with Crippen LogP contribution in [-0.2, 0) is 17.6 Å². The molecule has 45 heavy (non-hydrogen) atoms. The zero-order valence-corrected chi connectivity index (χ0v) is 30.3. The Morgan fingerprint density at radius 3 is 2.33 bits per heavy atom. The van der Waals surface area contributed by atoms with Gasteiger partial charge in [0.2, 0.25) is 0 Å². The average molecular weight is 639 g/mol. The van der Waals surface area contributed by atoms with Crippen LogP contribution in [0.1, 0.15) is 91.0 Å². The first-order valence-electron chi connectivity index (χ1n) is 16.4. The van der Waals surface area contributed by atoms with E-state index in [2.05, 4.69) is 52.2 Å². The monoisotopic (exact) mass is 638 g/mol. The Bertz CT molecular complexity index is 1470. The van der Waals surface area contributed by atoms with E-state index in [1.165, 1.54) is 41.7 Å². The maximum absolute atomic E-state index is 12.3. The molecule has 0 spiro atoms. The summed E-state index contributed by atoms with van der Waals surface area (Å²) in [4.78, 5) is 27.9. The number of aromatic nitrogens is 3. The molecule has 2 aromatic heterocycles. The van der Waals surface area contributed by atoms with Crippen LogP contribution in [-0.4, -0.2) is 58.8 Å². The molecule has 0 saturated heterocycles. The van der Waals surface area contributed by atoms with Crippen molar-refractivity contribution in [1.82, 2.24) is 19.9 Å². The molecular weight excluding hydrogens is 583 g/mol. The van der Waals surface area contributed by atoms with Crippen molar-refractivity contribution >= 4 is 43.0 Å². The number of aryl methyl sites for hydroxylation is 2. The number of nitrogens with zero attached hydrogens (tertiary/aromatic N) is 4. The van der Waals surface area contributed by atoms with Crippen molar-refractivity contribution in [2.45, 2.75) is 99.5 Å². The van der Waals surface area contributed by atoms with Gasteiger partial charge in [-0.05, 0) is 88.5 Å². The smallest absolute Gasteiger partial charge is 0.410 e. The van der Waals surface area contributed by atoms with E-state index in [1.807, 2.05) is 39.8 Å². The molecule has 0 bridgehead atoms. The van der Waals surface area contributed by atoms with Crippen molar-refractivity contribution < 1.29 is 14.3 Å². The number of anilines is 2. The van der Waals surface area contributed by atoms with Gasteiger partial charge < -0.3 is 25.4 Å². The number of carbonyl (C=O) groups is 1. The average Bonchev–Trinajstić information content (AvgIpc) is 3.81. The lowest BCUT2D eigenvalue weighted by Gasteiger charge is -2.25. The van der Waals surface area contributed by atoms with Gasteiger partial charge in [-0.15, -0.1) is 9.24 Å². The van der Waals surface area contributed by atoms with Crippen LogP contribution in [0, 0.1) is 18.8 Å². The summed E-state index contributed by atoms with van der Waals surface area (Å²) in [6.45, 7) is 17.3. The van der Waals surface area contributed by atoms with E-state index in [4.69, 9.17) is 20.2 Å². The molecule has 0 aliphatic heterocycles. The van der Waals surface area contributed by atoms with Crippen LogP contribution in [0.4, 0.5) is 16.3 Å². The summed E-state index contributed by atoms with van der Waals surface area (Å²) < 4.78 is 10.8. The van der Waals surface area contributed by atoms with E-state index in [1.54, 1.807) is 14.2 Å². The van der Waals surface area contributed by atoms with Crippen molar-refractivity contribution in [2.75, 3.05) is 38.3 Å². The fraction of sp³-hybridized carbons (Fsp3) is 0.600. The molecule has 2 heterocycles. The Hall–Kier alpha value is -3.19. The molecule has 2 atom stereocenters. The van der Waals surface area contributed by atoms with Crippen molar-refractivity contribution in [2.24, 2.45) is 11.8 Å². The number of nitrogen functional groups attached to an aromatic ring is 1. The molecular formula is C35H55N6O3P. The molecule has 1 aromatic carbocycles. The third kappa shape index (κ3) is 9.65. The summed E-state index contributed by atoms with van der Waals surface area (Å²) >= 11 is 0. The molecule has 248 valence electrons. The first-order chi connectivity index (χ1) is 21.2. The number of ether oxygens (including phenoxy) is 2. The molecule has 1 amide bonds. The van der Waals surface area contributed by atoms with Crippen molar-refractivity contribution in [3.63, 3.8) is 0 Å². The van der Waals surface area contributed by atoms with E-state index in [0.29, 0.717) is 18.9 Å². The number of rotatable bonds is 8. The predicted octanol–water partition coefficient (Wildman–Crippen LogP) is 7.33. The largest absolute Gasteiger partial charge is 0.467 e. The highest BCUT2D eigenvalue weighted by Crippen LogP contribution is 2.38. The number of benzene rings is 1. The summed E-state index contributed by atoms with van der Waals surface area (Å²) in [5.74, 6) is 2.73. The summed E-state index contributed by atoms with van der Waals surface area (Å²) in [5.41, 5.74) is 12.4. The fourth-order valence-corrected chi connectivity index (χ4v) is 5.57. The highest BCUT2D eigenvalue weighted by atomic mass is 31.0. The number of amides is 1. The Morgan fingerprint density at radius 2 is 1.82 bits per heavy atom. The zero-order valence-electron chi connectivity index (χ0n) is 29.1. The summed E-state index contributed by atoms with van der Waals surface area (Å²) in [6.07, 6.45) is 7.32. The summed E-state index contributed by atoms with van der Waals surface area (Å²) in [5, 5.41) is 5.00. The van der Waals surface area contributed by atoms with Gasteiger partial charge in [0.1, 0.15) is 11.4 Å². The second-order valence-corrected chi connectivity index (χ2v) is 13.8. The molecule has 5 rings (SSSR count). The number of carbonyl (C=O) groups excluding carboxylic acids is 1. The molecule has 3 aromatic rings. The molecule has 2 aliphatic carbocycles. The SMILES string of the molecule is CCC.CCC(C)C1CC1.COc1nc(NCCN(C)C(=O)OC(C)(C)C)c2c(C)nc(-c3cc(N)cc4c3CC4)c(P)c2n1. The van der Waals surface area contributed by atoms with Gasteiger partial charge in [0.05, 0.1) is 29.4 Å². The lowest BCUT2D eigenvalue weighted by molar-refractivity contribution is 0.0305. The van der Waals surface area contributed by atoms with Crippen LogP contribution in [0.15, 0.2) is 12.1 Å². The number of hydrogen-bond donors (Lipinski definition) is 2. The van der Waals surface area contributed by atoms with Crippen LogP contribution in [0.3, 0.4) is 0 Å². The zero-order chi connectivity index (χ0) is 33.5. The quantitative estimate of drug-likeness (QED) is 0.195. The lowest BCUT2D eigenvalue weighted by Crippen LogP contribution is -2.36. The minimum atomic E-state index is -0.546. The van der Waals surface area contributed by atoms with Crippen molar-refractivity contribution in [3.05, 3.63) is 29.0 Å². The van der Waals surface area contributed by atoms with Gasteiger partial charge in [-0.2, -0.15) is 9.97 Å². The van der Waals surface area contributed by atoms with E-state index >= 15 is 0 Å². The minimum absolute atomic E-state index is 0.251. The lowest BCUT2D eigenvalue weighted by atomic mass is 9.83.